The number of carbonyl (C=O) groups excluding carboxylic acids is 1. The maximum atomic E-state index is 12.1. The summed E-state index contributed by atoms with van der Waals surface area (Å²) in [7, 11) is 0. The molecule has 0 saturated carbocycles. The monoisotopic (exact) mass is 434 g/mol. The summed E-state index contributed by atoms with van der Waals surface area (Å²) in [6.07, 6.45) is 1.68. The number of amides is 1. The van der Waals surface area contributed by atoms with Crippen molar-refractivity contribution in [1.29, 1.82) is 0 Å². The molecule has 2 heterocycles. The summed E-state index contributed by atoms with van der Waals surface area (Å²) in [5.41, 5.74) is 4.86. The number of morpholine rings is 1. The Morgan fingerprint density at radius 1 is 1.12 bits per heavy atom. The van der Waals surface area contributed by atoms with E-state index in [4.69, 9.17) is 9.73 Å². The first-order valence-corrected chi connectivity index (χ1v) is 11.7. The summed E-state index contributed by atoms with van der Waals surface area (Å²) < 4.78 is 6.11. The molecule has 0 bridgehead atoms. The molecule has 1 N–H and O–H groups in total. The number of aliphatic imine (C=N–C) groups is 1. The molecule has 1 unspecified atom stereocenters. The van der Waals surface area contributed by atoms with Gasteiger partial charge in [0.25, 0.3) is 0 Å². The van der Waals surface area contributed by atoms with Crippen molar-refractivity contribution in [3.63, 3.8) is 0 Å². The van der Waals surface area contributed by atoms with Crippen molar-refractivity contribution >= 4 is 11.9 Å². The smallest absolute Gasteiger partial charge is 0.222 e. The number of nitrogens with zero attached hydrogens (tertiary/aromatic N) is 3. The van der Waals surface area contributed by atoms with Crippen molar-refractivity contribution in [3.8, 4) is 0 Å². The third-order valence-corrected chi connectivity index (χ3v) is 6.29. The number of ether oxygens (including phenoxy) is 1. The Bertz CT molecular complexity index is 958. The van der Waals surface area contributed by atoms with E-state index >= 15 is 0 Å². The van der Waals surface area contributed by atoms with Gasteiger partial charge < -0.3 is 19.9 Å². The zero-order valence-electron chi connectivity index (χ0n) is 19.2. The molecule has 6 nitrogen and oxygen atoms in total. The first-order valence-electron chi connectivity index (χ1n) is 11.7. The van der Waals surface area contributed by atoms with E-state index in [1.807, 2.05) is 11.0 Å². The average Bonchev–Trinajstić information content (AvgIpc) is 3.22. The van der Waals surface area contributed by atoms with Gasteiger partial charge in [-0.1, -0.05) is 48.5 Å². The molecule has 0 radical (unpaired) electrons. The van der Waals surface area contributed by atoms with Gasteiger partial charge in [0, 0.05) is 32.6 Å². The number of hydrogen-bond acceptors (Lipinski definition) is 3. The van der Waals surface area contributed by atoms with Gasteiger partial charge in [-0.3, -0.25) is 4.79 Å². The second kappa shape index (κ2) is 10.6. The summed E-state index contributed by atoms with van der Waals surface area (Å²) in [5.74, 6) is 1.17. The highest BCUT2D eigenvalue weighted by atomic mass is 16.5. The van der Waals surface area contributed by atoms with Crippen LogP contribution in [0.3, 0.4) is 0 Å². The van der Waals surface area contributed by atoms with E-state index in [0.717, 1.165) is 38.6 Å². The molecular weight excluding hydrogens is 400 g/mol. The van der Waals surface area contributed by atoms with Gasteiger partial charge in [0.1, 0.15) is 6.10 Å². The predicted octanol–water partition coefficient (Wildman–Crippen LogP) is 3.66. The second-order valence-electron chi connectivity index (χ2n) is 8.52. The molecule has 1 atom stereocenters. The highest BCUT2D eigenvalue weighted by Crippen LogP contribution is 2.25. The highest BCUT2D eigenvalue weighted by molar-refractivity contribution is 5.80. The Morgan fingerprint density at radius 3 is 2.66 bits per heavy atom. The molecule has 2 aliphatic heterocycles. The van der Waals surface area contributed by atoms with E-state index in [1.54, 1.807) is 0 Å². The molecule has 2 aromatic carbocycles. The number of carbonyl (C=O) groups is 1. The lowest BCUT2D eigenvalue weighted by Gasteiger charge is -2.36. The maximum absolute atomic E-state index is 12.1. The molecule has 1 amide bonds. The zero-order valence-corrected chi connectivity index (χ0v) is 19.2. The van der Waals surface area contributed by atoms with Gasteiger partial charge in [0.2, 0.25) is 5.91 Å². The Hall–Kier alpha value is -2.86. The van der Waals surface area contributed by atoms with Crippen molar-refractivity contribution in [2.24, 2.45) is 4.99 Å². The van der Waals surface area contributed by atoms with E-state index < -0.39 is 0 Å². The molecule has 170 valence electrons. The summed E-state index contributed by atoms with van der Waals surface area (Å²) in [5, 5.41) is 3.46. The van der Waals surface area contributed by atoms with Gasteiger partial charge in [0.15, 0.2) is 5.96 Å². The first kappa shape index (κ1) is 22.3. The third kappa shape index (κ3) is 5.30. The van der Waals surface area contributed by atoms with Crippen LogP contribution in [0.5, 0.6) is 0 Å². The number of rotatable bonds is 6. The van der Waals surface area contributed by atoms with Gasteiger partial charge in [-0.2, -0.15) is 0 Å². The summed E-state index contributed by atoms with van der Waals surface area (Å²) in [4.78, 5) is 21.3. The zero-order chi connectivity index (χ0) is 22.3. The van der Waals surface area contributed by atoms with Crippen molar-refractivity contribution in [2.75, 3.05) is 32.8 Å². The maximum Gasteiger partial charge on any atom is 0.222 e. The highest BCUT2D eigenvalue weighted by Gasteiger charge is 2.25. The molecule has 2 saturated heterocycles. The van der Waals surface area contributed by atoms with Crippen LogP contribution >= 0.6 is 0 Å². The van der Waals surface area contributed by atoms with Crippen LogP contribution in [0.15, 0.2) is 53.5 Å². The largest absolute Gasteiger partial charge is 0.370 e. The van der Waals surface area contributed by atoms with Gasteiger partial charge in [-0.25, -0.2) is 4.99 Å². The predicted molar refractivity (Wildman–Crippen MR) is 127 cm³/mol. The van der Waals surface area contributed by atoms with Gasteiger partial charge >= 0.3 is 0 Å². The molecule has 6 heteroatoms. The van der Waals surface area contributed by atoms with Crippen LogP contribution in [-0.4, -0.2) is 54.5 Å². The fraction of sp³-hybridized carbons (Fsp3) is 0.462. The lowest BCUT2D eigenvalue weighted by molar-refractivity contribution is -0.128. The van der Waals surface area contributed by atoms with Crippen LogP contribution in [0.25, 0.3) is 0 Å². The first-order chi connectivity index (χ1) is 15.7. The van der Waals surface area contributed by atoms with Crippen LogP contribution in [0.2, 0.25) is 0 Å². The number of aryl methyl sites for hydroxylation is 1. The van der Waals surface area contributed by atoms with Crippen LogP contribution in [0.1, 0.15) is 48.1 Å². The summed E-state index contributed by atoms with van der Waals surface area (Å²) in [6.45, 7) is 9.44. The molecule has 2 fully saturated rings. The fourth-order valence-electron chi connectivity index (χ4n) is 4.51. The molecule has 0 spiro atoms. The van der Waals surface area contributed by atoms with Crippen molar-refractivity contribution in [3.05, 3.63) is 70.8 Å². The van der Waals surface area contributed by atoms with E-state index in [1.165, 1.54) is 22.3 Å². The van der Waals surface area contributed by atoms with E-state index in [2.05, 4.69) is 66.5 Å². The average molecular weight is 435 g/mol. The third-order valence-electron chi connectivity index (χ3n) is 6.29. The normalized spacial score (nSPS) is 19.5. The van der Waals surface area contributed by atoms with Crippen molar-refractivity contribution in [1.82, 2.24) is 15.1 Å². The van der Waals surface area contributed by atoms with E-state index in [-0.39, 0.29) is 12.0 Å². The van der Waals surface area contributed by atoms with Crippen LogP contribution in [0.4, 0.5) is 0 Å². The molecular formula is C26H34N4O2. The SMILES string of the molecule is CCNC(=NCc1ccccc1CN1CCCC1=O)N1CCOC(c2ccccc2C)C1. The second-order valence-corrected chi connectivity index (χ2v) is 8.52. The molecule has 32 heavy (non-hydrogen) atoms. The van der Waals surface area contributed by atoms with E-state index in [0.29, 0.717) is 26.1 Å². The number of hydrogen-bond donors (Lipinski definition) is 1. The Balaban J connectivity index is 1.49. The topological polar surface area (TPSA) is 57.2 Å². The minimum atomic E-state index is 0.0438. The number of nitrogens with one attached hydrogen (secondary N) is 1. The minimum Gasteiger partial charge on any atom is -0.370 e. The van der Waals surface area contributed by atoms with Gasteiger partial charge in [0.05, 0.1) is 19.7 Å². The van der Waals surface area contributed by atoms with Crippen molar-refractivity contribution in [2.45, 2.75) is 45.9 Å². The molecule has 0 aromatic heterocycles. The molecule has 0 aliphatic carbocycles. The number of guanidine groups is 1. The van der Waals surface area contributed by atoms with Gasteiger partial charge in [-0.05, 0) is 42.5 Å². The summed E-state index contributed by atoms with van der Waals surface area (Å²) in [6, 6.07) is 16.8. The summed E-state index contributed by atoms with van der Waals surface area (Å²) >= 11 is 0. The molecule has 2 aromatic rings. The minimum absolute atomic E-state index is 0.0438. The Kier molecular flexibility index (Phi) is 7.43. The fourth-order valence-corrected chi connectivity index (χ4v) is 4.51. The molecule has 4 rings (SSSR count). The van der Waals surface area contributed by atoms with Crippen LogP contribution in [-0.2, 0) is 22.6 Å². The Morgan fingerprint density at radius 2 is 1.91 bits per heavy atom. The quantitative estimate of drug-likeness (QED) is 0.557. The van der Waals surface area contributed by atoms with Gasteiger partial charge in [-0.15, -0.1) is 0 Å². The Labute approximate surface area is 191 Å². The van der Waals surface area contributed by atoms with Crippen LogP contribution in [0, 0.1) is 6.92 Å². The molecule has 2 aliphatic rings. The standard InChI is InChI=1S/C26H34N4O2/c1-3-27-26(30-15-16-32-24(19-30)23-12-7-4-9-20(23)2)28-17-21-10-5-6-11-22(21)18-29-14-8-13-25(29)31/h4-7,9-12,24H,3,8,13-19H2,1-2H3,(H,27,28). The lowest BCUT2D eigenvalue weighted by Crippen LogP contribution is -2.48. The van der Waals surface area contributed by atoms with E-state index in [9.17, 15) is 4.79 Å². The number of likely N-dealkylation sites (tertiary alicyclic amines) is 1. The van der Waals surface area contributed by atoms with Crippen LogP contribution < -0.4 is 5.32 Å². The van der Waals surface area contributed by atoms with Crippen molar-refractivity contribution < 1.29 is 9.53 Å². The lowest BCUT2D eigenvalue weighted by atomic mass is 10.0. The number of benzene rings is 2.